The van der Waals surface area contributed by atoms with Gasteiger partial charge in [-0.2, -0.15) is 0 Å². The highest BCUT2D eigenvalue weighted by Crippen LogP contribution is 2.60. The molecule has 1 aromatic carbocycles. The Morgan fingerprint density at radius 1 is 1.09 bits per heavy atom. The standard InChI is InChI=1S/C22H23Br3N2O5/c1-8-5-14(9(2)4-13(8)23)26-15(28)7-32-22(31)10(3)27-20(29)16-11-6-12(17(16)21(27)30)19(25)18(11)24/h4-5,10-12,16-19H,6-7H2,1-3H3,(H,26,28)/t10-,11+,12+,16+,17+,18-,19-/m0/s1. The summed E-state index contributed by atoms with van der Waals surface area (Å²) in [5.41, 5.74) is 2.44. The van der Waals surface area contributed by atoms with Crippen molar-refractivity contribution in [3.63, 3.8) is 0 Å². The van der Waals surface area contributed by atoms with Crippen molar-refractivity contribution in [3.8, 4) is 0 Å². The zero-order chi connectivity index (χ0) is 23.5. The third-order valence-corrected chi connectivity index (χ3v) is 10.9. The molecule has 3 fully saturated rings. The van der Waals surface area contributed by atoms with E-state index in [2.05, 4.69) is 53.1 Å². The van der Waals surface area contributed by atoms with E-state index in [0.717, 1.165) is 26.9 Å². The van der Waals surface area contributed by atoms with Gasteiger partial charge in [0.05, 0.1) is 11.8 Å². The molecule has 2 saturated carbocycles. The average Bonchev–Trinajstić information content (AvgIpc) is 3.34. The lowest BCUT2D eigenvalue weighted by Crippen LogP contribution is -2.45. The van der Waals surface area contributed by atoms with Crippen molar-refractivity contribution in [3.05, 3.63) is 27.7 Å². The van der Waals surface area contributed by atoms with Crippen molar-refractivity contribution in [2.24, 2.45) is 23.7 Å². The first-order valence-electron chi connectivity index (χ1n) is 10.4. The first-order chi connectivity index (χ1) is 15.0. The minimum Gasteiger partial charge on any atom is -0.454 e. The lowest BCUT2D eigenvalue weighted by molar-refractivity contribution is -0.159. The van der Waals surface area contributed by atoms with Crippen LogP contribution in [0, 0.1) is 37.5 Å². The monoisotopic (exact) mass is 632 g/mol. The second kappa shape index (κ2) is 8.83. The highest BCUT2D eigenvalue weighted by atomic mass is 79.9. The molecule has 2 bridgehead atoms. The molecule has 32 heavy (non-hydrogen) atoms. The van der Waals surface area contributed by atoms with Gasteiger partial charge >= 0.3 is 5.97 Å². The van der Waals surface area contributed by atoms with E-state index < -0.39 is 36.4 Å². The number of carbonyl (C=O) groups excluding carboxylic acids is 4. The SMILES string of the molecule is Cc1cc(NC(=O)COC(=O)[C@H](C)N2C(=O)[C@@H]3[C@H]4C[C@@H]([C@H](Br)[C@H]4Br)[C@H]3C2=O)c(C)cc1Br. The molecule has 2 aliphatic carbocycles. The molecule has 3 amide bonds. The molecule has 1 aliphatic heterocycles. The summed E-state index contributed by atoms with van der Waals surface area (Å²) in [6.07, 6.45) is 0.820. The lowest BCUT2D eigenvalue weighted by Gasteiger charge is -2.28. The van der Waals surface area contributed by atoms with E-state index in [1.54, 1.807) is 0 Å². The molecule has 7 nitrogen and oxygen atoms in total. The second-order valence-electron chi connectivity index (χ2n) is 8.80. The smallest absolute Gasteiger partial charge is 0.329 e. The minimum atomic E-state index is -1.08. The molecule has 0 radical (unpaired) electrons. The van der Waals surface area contributed by atoms with E-state index in [0.29, 0.717) is 5.69 Å². The van der Waals surface area contributed by atoms with Crippen LogP contribution in [-0.2, 0) is 23.9 Å². The maximum Gasteiger partial charge on any atom is 0.329 e. The van der Waals surface area contributed by atoms with Crippen LogP contribution in [0.15, 0.2) is 16.6 Å². The quantitative estimate of drug-likeness (QED) is 0.303. The van der Waals surface area contributed by atoms with Crippen molar-refractivity contribution in [1.29, 1.82) is 0 Å². The van der Waals surface area contributed by atoms with Gasteiger partial charge in [-0.1, -0.05) is 47.8 Å². The minimum absolute atomic E-state index is 0.0717. The Hall–Kier alpha value is -1.26. The summed E-state index contributed by atoms with van der Waals surface area (Å²) in [6.45, 7) is 4.73. The highest BCUT2D eigenvalue weighted by molar-refractivity contribution is 9.12. The van der Waals surface area contributed by atoms with Gasteiger partial charge in [-0.25, -0.2) is 4.79 Å². The topological polar surface area (TPSA) is 92.8 Å². The zero-order valence-electron chi connectivity index (χ0n) is 17.7. The molecule has 10 heteroatoms. The Bertz CT molecular complexity index is 984. The molecule has 1 aromatic rings. The normalized spacial score (nSPS) is 31.6. The number of anilines is 1. The van der Waals surface area contributed by atoms with Crippen molar-refractivity contribution in [2.45, 2.75) is 42.9 Å². The summed E-state index contributed by atoms with van der Waals surface area (Å²) in [6, 6.07) is 2.64. The van der Waals surface area contributed by atoms with Gasteiger partial charge in [0.1, 0.15) is 6.04 Å². The van der Waals surface area contributed by atoms with E-state index in [-0.39, 0.29) is 33.3 Å². The number of halogens is 3. The van der Waals surface area contributed by atoms with Crippen molar-refractivity contribution >= 4 is 77.2 Å². The number of fused-ring (bicyclic) bond motifs is 5. The predicted octanol–water partition coefficient (Wildman–Crippen LogP) is 3.71. The van der Waals surface area contributed by atoms with E-state index in [4.69, 9.17) is 4.74 Å². The molecule has 1 N–H and O–H groups in total. The number of ether oxygens (including phenoxy) is 1. The number of likely N-dealkylation sites (tertiary alicyclic amines) is 1. The predicted molar refractivity (Wildman–Crippen MR) is 129 cm³/mol. The van der Waals surface area contributed by atoms with Crippen LogP contribution < -0.4 is 5.32 Å². The number of imide groups is 1. The molecule has 7 atom stereocenters. The van der Waals surface area contributed by atoms with Crippen LogP contribution in [0.25, 0.3) is 0 Å². The number of carbonyl (C=O) groups is 4. The Morgan fingerprint density at radius 2 is 1.66 bits per heavy atom. The first kappa shape index (κ1) is 23.9. The number of esters is 1. The van der Waals surface area contributed by atoms with Crippen molar-refractivity contribution in [1.82, 2.24) is 4.90 Å². The summed E-state index contributed by atoms with van der Waals surface area (Å²) >= 11 is 10.7. The number of aryl methyl sites for hydroxylation is 2. The number of amides is 3. The second-order valence-corrected chi connectivity index (χ2v) is 11.8. The Kier molecular flexibility index (Phi) is 6.59. The molecule has 172 valence electrons. The fourth-order valence-corrected chi connectivity index (χ4v) is 7.55. The number of hydrogen-bond donors (Lipinski definition) is 1. The molecule has 0 spiro atoms. The number of nitrogens with zero attached hydrogens (tertiary/aromatic N) is 1. The number of hydrogen-bond acceptors (Lipinski definition) is 5. The number of alkyl halides is 2. The maximum absolute atomic E-state index is 13.0. The largest absolute Gasteiger partial charge is 0.454 e. The summed E-state index contributed by atoms with van der Waals surface area (Å²) in [5.74, 6) is -2.54. The summed E-state index contributed by atoms with van der Waals surface area (Å²) in [5, 5.41) is 2.73. The zero-order valence-corrected chi connectivity index (χ0v) is 22.5. The van der Waals surface area contributed by atoms with E-state index in [1.807, 2.05) is 26.0 Å². The molecule has 0 unspecified atom stereocenters. The van der Waals surface area contributed by atoms with Gasteiger partial charge in [0.2, 0.25) is 11.8 Å². The van der Waals surface area contributed by atoms with Gasteiger partial charge in [0.15, 0.2) is 6.61 Å². The summed E-state index contributed by atoms with van der Waals surface area (Å²) in [7, 11) is 0. The van der Waals surface area contributed by atoms with Gasteiger partial charge in [0, 0.05) is 19.8 Å². The molecular weight excluding hydrogens is 612 g/mol. The average molecular weight is 635 g/mol. The molecule has 3 aliphatic rings. The van der Waals surface area contributed by atoms with Crippen LogP contribution in [-0.4, -0.2) is 50.9 Å². The lowest BCUT2D eigenvalue weighted by atomic mass is 9.81. The third kappa shape index (κ3) is 3.86. The van der Waals surface area contributed by atoms with Gasteiger partial charge in [-0.05, 0) is 62.3 Å². The number of rotatable bonds is 5. The third-order valence-electron chi connectivity index (χ3n) is 6.87. The van der Waals surface area contributed by atoms with Gasteiger partial charge in [0.25, 0.3) is 5.91 Å². The number of nitrogens with one attached hydrogen (secondary N) is 1. The Balaban J connectivity index is 1.37. The summed E-state index contributed by atoms with van der Waals surface area (Å²) in [4.78, 5) is 52.3. The highest BCUT2D eigenvalue weighted by Gasteiger charge is 2.67. The number of benzene rings is 1. The molecular formula is C22H23Br3N2O5. The molecule has 0 aromatic heterocycles. The van der Waals surface area contributed by atoms with Crippen LogP contribution in [0.4, 0.5) is 5.69 Å². The molecule has 1 heterocycles. The van der Waals surface area contributed by atoms with Crippen LogP contribution in [0.2, 0.25) is 0 Å². The fraction of sp³-hybridized carbons (Fsp3) is 0.545. The van der Waals surface area contributed by atoms with E-state index in [9.17, 15) is 19.2 Å². The van der Waals surface area contributed by atoms with Gasteiger partial charge in [-0.15, -0.1) is 0 Å². The van der Waals surface area contributed by atoms with Crippen molar-refractivity contribution < 1.29 is 23.9 Å². The molecule has 1 saturated heterocycles. The Morgan fingerprint density at radius 3 is 2.22 bits per heavy atom. The van der Waals surface area contributed by atoms with E-state index in [1.165, 1.54) is 6.92 Å². The van der Waals surface area contributed by atoms with Crippen LogP contribution in [0.1, 0.15) is 24.5 Å². The molecule has 4 rings (SSSR count). The first-order valence-corrected chi connectivity index (χ1v) is 13.0. The van der Waals surface area contributed by atoms with Gasteiger partial charge in [-0.3, -0.25) is 19.3 Å². The van der Waals surface area contributed by atoms with Gasteiger partial charge < -0.3 is 10.1 Å². The maximum atomic E-state index is 13.0. The van der Waals surface area contributed by atoms with Crippen LogP contribution in [0.3, 0.4) is 0 Å². The fourth-order valence-electron chi connectivity index (χ4n) is 5.22. The summed E-state index contributed by atoms with van der Waals surface area (Å²) < 4.78 is 6.08. The Labute approximate surface area is 211 Å². The van der Waals surface area contributed by atoms with Crippen LogP contribution in [0.5, 0.6) is 0 Å². The van der Waals surface area contributed by atoms with Crippen molar-refractivity contribution in [2.75, 3.05) is 11.9 Å². The van der Waals surface area contributed by atoms with Crippen LogP contribution >= 0.6 is 47.8 Å². The van der Waals surface area contributed by atoms with E-state index >= 15 is 0 Å².